The topological polar surface area (TPSA) is 66.9 Å². The zero-order valence-corrected chi connectivity index (χ0v) is 6.92. The van der Waals surface area contributed by atoms with Crippen LogP contribution in [0.5, 0.6) is 0 Å². The number of nitrogens with two attached hydrogens (primary N) is 1. The molecule has 0 bridgehead atoms. The van der Waals surface area contributed by atoms with E-state index < -0.39 is 0 Å². The molecule has 0 heterocycles. The van der Waals surface area contributed by atoms with Crippen LogP contribution < -0.4 is 5.73 Å². The number of hydrogen-bond acceptors (Lipinski definition) is 2. The third kappa shape index (κ3) is 1.65. The summed E-state index contributed by atoms with van der Waals surface area (Å²) in [5, 5.41) is 8.71. The van der Waals surface area contributed by atoms with Gasteiger partial charge in [-0.3, -0.25) is 4.79 Å². The monoisotopic (exact) mass is 164 g/mol. The summed E-state index contributed by atoms with van der Waals surface area (Å²) in [5.41, 5.74) is 6.20. The smallest absolute Gasteiger partial charge is 0.222 e. The van der Waals surface area contributed by atoms with Gasteiger partial charge in [-0.1, -0.05) is 12.2 Å². The van der Waals surface area contributed by atoms with Crippen LogP contribution >= 0.6 is 0 Å². The third-order valence-corrected chi connectivity index (χ3v) is 2.33. The van der Waals surface area contributed by atoms with E-state index in [1.165, 1.54) is 0 Å². The van der Waals surface area contributed by atoms with Crippen LogP contribution in [-0.2, 0) is 4.79 Å². The van der Waals surface area contributed by atoms with Crippen LogP contribution in [0, 0.1) is 23.2 Å². The van der Waals surface area contributed by atoms with Gasteiger partial charge < -0.3 is 5.73 Å². The summed E-state index contributed by atoms with van der Waals surface area (Å²) < 4.78 is 0. The lowest BCUT2D eigenvalue weighted by Gasteiger charge is -2.25. The molecule has 2 unspecified atom stereocenters. The molecule has 1 aliphatic carbocycles. The van der Waals surface area contributed by atoms with Crippen molar-refractivity contribution in [3.63, 3.8) is 0 Å². The van der Waals surface area contributed by atoms with Crippen molar-refractivity contribution < 1.29 is 4.79 Å². The first-order valence-electron chi connectivity index (χ1n) is 4.00. The van der Waals surface area contributed by atoms with Crippen molar-refractivity contribution in [2.24, 2.45) is 17.6 Å². The summed E-state index contributed by atoms with van der Waals surface area (Å²) in [5.74, 6) is -0.883. The first-order valence-corrected chi connectivity index (χ1v) is 4.00. The van der Waals surface area contributed by atoms with Gasteiger partial charge in [0.2, 0.25) is 5.91 Å². The molecule has 0 aromatic rings. The molecule has 2 N–H and O–H groups in total. The van der Waals surface area contributed by atoms with E-state index in [0.717, 1.165) is 18.4 Å². The maximum Gasteiger partial charge on any atom is 0.222 e. The number of hydrogen-bond donors (Lipinski definition) is 1. The summed E-state index contributed by atoms with van der Waals surface area (Å²) in [7, 11) is 0. The van der Waals surface area contributed by atoms with Crippen molar-refractivity contribution in [3.05, 3.63) is 12.2 Å². The Morgan fingerprint density at radius 2 is 2.42 bits per heavy atom. The molecular weight excluding hydrogens is 152 g/mol. The standard InChI is InChI=1S/C9H12N2O/c1-6-2-3-7(5-10)8(4-6)9(11)12/h7-8H,1-4H2,(H2,11,12). The maximum absolute atomic E-state index is 10.9. The molecule has 1 fully saturated rings. The number of nitrogens with zero attached hydrogens (tertiary/aromatic N) is 1. The molecular formula is C9H12N2O. The molecule has 1 rings (SSSR count). The van der Waals surface area contributed by atoms with Crippen molar-refractivity contribution in [1.29, 1.82) is 5.26 Å². The average molecular weight is 164 g/mol. The molecule has 0 aliphatic heterocycles. The Balaban J connectivity index is 2.72. The highest BCUT2D eigenvalue weighted by Crippen LogP contribution is 2.31. The second-order valence-electron chi connectivity index (χ2n) is 3.24. The molecule has 3 heteroatoms. The quantitative estimate of drug-likeness (QED) is 0.587. The number of carbonyl (C=O) groups excluding carboxylic acids is 1. The Morgan fingerprint density at radius 3 is 2.92 bits per heavy atom. The van der Waals surface area contributed by atoms with Gasteiger partial charge in [0, 0.05) is 0 Å². The van der Waals surface area contributed by atoms with Crippen LogP contribution in [0.25, 0.3) is 0 Å². The number of rotatable bonds is 1. The van der Waals surface area contributed by atoms with E-state index in [2.05, 4.69) is 12.6 Å². The van der Waals surface area contributed by atoms with E-state index in [1.807, 2.05) is 0 Å². The van der Waals surface area contributed by atoms with E-state index >= 15 is 0 Å². The van der Waals surface area contributed by atoms with E-state index in [-0.39, 0.29) is 17.7 Å². The third-order valence-electron chi connectivity index (χ3n) is 2.33. The van der Waals surface area contributed by atoms with Gasteiger partial charge in [0.15, 0.2) is 0 Å². The van der Waals surface area contributed by atoms with Gasteiger partial charge in [0.05, 0.1) is 17.9 Å². The summed E-state index contributed by atoms with van der Waals surface area (Å²) in [6, 6.07) is 2.11. The zero-order chi connectivity index (χ0) is 9.14. The number of amides is 1. The van der Waals surface area contributed by atoms with Gasteiger partial charge in [-0.25, -0.2) is 0 Å². The molecule has 1 amide bonds. The molecule has 2 atom stereocenters. The summed E-state index contributed by atoms with van der Waals surface area (Å²) >= 11 is 0. The molecule has 0 aromatic heterocycles. The Hall–Kier alpha value is -1.30. The van der Waals surface area contributed by atoms with Crippen molar-refractivity contribution in [3.8, 4) is 6.07 Å². The summed E-state index contributed by atoms with van der Waals surface area (Å²) in [4.78, 5) is 10.9. The summed E-state index contributed by atoms with van der Waals surface area (Å²) in [6.45, 7) is 3.80. The number of carbonyl (C=O) groups is 1. The number of primary amides is 1. The van der Waals surface area contributed by atoms with Gasteiger partial charge >= 0.3 is 0 Å². The fourth-order valence-corrected chi connectivity index (χ4v) is 1.57. The molecule has 3 nitrogen and oxygen atoms in total. The highest BCUT2D eigenvalue weighted by Gasteiger charge is 2.30. The van der Waals surface area contributed by atoms with Crippen LogP contribution in [0.15, 0.2) is 12.2 Å². The van der Waals surface area contributed by atoms with Crippen LogP contribution in [0.4, 0.5) is 0 Å². The lowest BCUT2D eigenvalue weighted by molar-refractivity contribution is -0.123. The minimum atomic E-state index is -0.373. The van der Waals surface area contributed by atoms with Gasteiger partial charge in [-0.15, -0.1) is 0 Å². The van der Waals surface area contributed by atoms with Crippen molar-refractivity contribution in [1.82, 2.24) is 0 Å². The van der Waals surface area contributed by atoms with Crippen LogP contribution in [0.3, 0.4) is 0 Å². The van der Waals surface area contributed by atoms with Gasteiger partial charge in [0.25, 0.3) is 0 Å². The number of allylic oxidation sites excluding steroid dienone is 1. The fraction of sp³-hybridized carbons (Fsp3) is 0.556. The normalized spacial score (nSPS) is 29.4. The minimum absolute atomic E-state index is 0.201. The van der Waals surface area contributed by atoms with E-state index in [1.54, 1.807) is 0 Å². The number of nitriles is 1. The Bertz CT molecular complexity index is 252. The SMILES string of the molecule is C=C1CCC(C#N)C(C(N)=O)C1. The van der Waals surface area contributed by atoms with Crippen LogP contribution in [0.2, 0.25) is 0 Å². The predicted molar refractivity (Wildman–Crippen MR) is 44.8 cm³/mol. The Morgan fingerprint density at radius 1 is 1.75 bits per heavy atom. The molecule has 1 aliphatic rings. The molecule has 64 valence electrons. The average Bonchev–Trinajstić information content (AvgIpc) is 2.04. The van der Waals surface area contributed by atoms with Crippen LogP contribution in [0.1, 0.15) is 19.3 Å². The maximum atomic E-state index is 10.9. The lowest BCUT2D eigenvalue weighted by atomic mass is 9.78. The second kappa shape index (κ2) is 3.40. The Labute approximate surface area is 71.9 Å². The lowest BCUT2D eigenvalue weighted by Crippen LogP contribution is -2.32. The highest BCUT2D eigenvalue weighted by atomic mass is 16.1. The van der Waals surface area contributed by atoms with Gasteiger partial charge in [0.1, 0.15) is 0 Å². The van der Waals surface area contributed by atoms with Crippen LogP contribution in [-0.4, -0.2) is 5.91 Å². The first-order chi connectivity index (χ1) is 5.65. The van der Waals surface area contributed by atoms with Crippen molar-refractivity contribution >= 4 is 5.91 Å². The van der Waals surface area contributed by atoms with Crippen molar-refractivity contribution in [2.45, 2.75) is 19.3 Å². The highest BCUT2D eigenvalue weighted by molar-refractivity contribution is 5.77. The predicted octanol–water partition coefficient (Wildman–Crippen LogP) is 0.968. The van der Waals surface area contributed by atoms with Gasteiger partial charge in [-0.05, 0) is 19.3 Å². The molecule has 0 aromatic carbocycles. The Kier molecular flexibility index (Phi) is 2.49. The first kappa shape index (κ1) is 8.79. The largest absolute Gasteiger partial charge is 0.369 e. The molecule has 0 radical (unpaired) electrons. The van der Waals surface area contributed by atoms with E-state index in [4.69, 9.17) is 11.0 Å². The second-order valence-corrected chi connectivity index (χ2v) is 3.24. The fourth-order valence-electron chi connectivity index (χ4n) is 1.57. The minimum Gasteiger partial charge on any atom is -0.369 e. The molecule has 0 saturated heterocycles. The summed E-state index contributed by atoms with van der Waals surface area (Å²) in [6.07, 6.45) is 2.17. The van der Waals surface area contributed by atoms with Gasteiger partial charge in [-0.2, -0.15) is 5.26 Å². The molecule has 12 heavy (non-hydrogen) atoms. The molecule has 1 saturated carbocycles. The molecule has 0 spiro atoms. The zero-order valence-electron chi connectivity index (χ0n) is 6.92. The van der Waals surface area contributed by atoms with E-state index in [0.29, 0.717) is 6.42 Å². The van der Waals surface area contributed by atoms with Crippen molar-refractivity contribution in [2.75, 3.05) is 0 Å². The van der Waals surface area contributed by atoms with E-state index in [9.17, 15) is 4.79 Å².